The van der Waals surface area contributed by atoms with Crippen molar-refractivity contribution in [2.45, 2.75) is 13.2 Å². The maximum absolute atomic E-state index is 12.4. The number of benzene rings is 1. The molecular weight excluding hydrogens is 338 g/mol. The molecule has 1 aromatic carbocycles. The van der Waals surface area contributed by atoms with Crippen LogP contribution in [0.2, 0.25) is 0 Å². The zero-order valence-electron chi connectivity index (χ0n) is 14.6. The Bertz CT molecular complexity index is 896. The molecule has 7 nitrogen and oxygen atoms in total. The predicted octanol–water partition coefficient (Wildman–Crippen LogP) is 2.99. The zero-order valence-corrected chi connectivity index (χ0v) is 14.6. The van der Waals surface area contributed by atoms with E-state index in [0.29, 0.717) is 23.5 Å². The number of hydrogen-bond acceptors (Lipinski definition) is 6. The summed E-state index contributed by atoms with van der Waals surface area (Å²) in [5.41, 5.74) is 1.16. The minimum Gasteiger partial charge on any atom is -0.467 e. The van der Waals surface area contributed by atoms with Crippen LogP contribution in [-0.2, 0) is 27.4 Å². The van der Waals surface area contributed by atoms with Crippen molar-refractivity contribution in [3.05, 3.63) is 59.7 Å². The Balaban J connectivity index is 1.67. The zero-order chi connectivity index (χ0) is 18.5. The molecule has 2 heterocycles. The highest BCUT2D eigenvalue weighted by Crippen LogP contribution is 2.27. The molecule has 0 aliphatic heterocycles. The van der Waals surface area contributed by atoms with Gasteiger partial charge in [0.2, 0.25) is 5.76 Å². The molecule has 0 aliphatic carbocycles. The Morgan fingerprint density at radius 2 is 1.96 bits per heavy atom. The molecule has 7 heteroatoms. The normalized spacial score (nSPS) is 10.8. The fourth-order valence-electron chi connectivity index (χ4n) is 2.58. The number of amides is 1. The van der Waals surface area contributed by atoms with Crippen LogP contribution in [0.1, 0.15) is 21.9 Å². The summed E-state index contributed by atoms with van der Waals surface area (Å²) in [5.74, 6) is -0.353. The van der Waals surface area contributed by atoms with Gasteiger partial charge in [-0.2, -0.15) is 0 Å². The number of rotatable bonds is 7. The van der Waals surface area contributed by atoms with E-state index in [1.807, 2.05) is 18.2 Å². The molecule has 0 aliphatic rings. The Kier molecular flexibility index (Phi) is 5.38. The van der Waals surface area contributed by atoms with Gasteiger partial charge in [-0.3, -0.25) is 4.79 Å². The summed E-state index contributed by atoms with van der Waals surface area (Å²) >= 11 is 0. The SMILES string of the molecule is COCc1c(C(=O)OCC(=O)N(C)Cc2ccco2)oc2ccccc12. The predicted molar refractivity (Wildman–Crippen MR) is 92.4 cm³/mol. The minimum absolute atomic E-state index is 0.0505. The summed E-state index contributed by atoms with van der Waals surface area (Å²) in [6.07, 6.45) is 1.53. The highest BCUT2D eigenvalue weighted by Gasteiger charge is 2.23. The van der Waals surface area contributed by atoms with Gasteiger partial charge in [0.15, 0.2) is 6.61 Å². The number of carbonyl (C=O) groups is 2. The molecular formula is C19H19NO6. The first-order chi connectivity index (χ1) is 12.6. The van der Waals surface area contributed by atoms with Crippen LogP contribution in [0.4, 0.5) is 0 Å². The molecule has 3 rings (SSSR count). The second kappa shape index (κ2) is 7.88. The number of likely N-dealkylation sites (N-methyl/N-ethyl adjacent to an activating group) is 1. The molecule has 0 bridgehead atoms. The maximum Gasteiger partial charge on any atom is 0.375 e. The van der Waals surface area contributed by atoms with E-state index in [2.05, 4.69) is 0 Å². The van der Waals surface area contributed by atoms with Crippen molar-refractivity contribution in [3.63, 3.8) is 0 Å². The van der Waals surface area contributed by atoms with Gasteiger partial charge in [0.25, 0.3) is 5.91 Å². The number of esters is 1. The van der Waals surface area contributed by atoms with E-state index in [1.165, 1.54) is 18.3 Å². The maximum atomic E-state index is 12.4. The third kappa shape index (κ3) is 3.78. The molecule has 3 aromatic rings. The number of para-hydroxylation sites is 1. The first-order valence-electron chi connectivity index (χ1n) is 8.03. The smallest absolute Gasteiger partial charge is 0.375 e. The lowest BCUT2D eigenvalue weighted by molar-refractivity contribution is -0.134. The van der Waals surface area contributed by atoms with Gasteiger partial charge in [-0.05, 0) is 18.2 Å². The van der Waals surface area contributed by atoms with Crippen molar-refractivity contribution in [3.8, 4) is 0 Å². The van der Waals surface area contributed by atoms with Crippen molar-refractivity contribution >= 4 is 22.8 Å². The standard InChI is InChI=1S/C19H19NO6/c1-20(10-13-6-5-9-24-13)17(21)12-25-19(22)18-15(11-23-2)14-7-3-4-8-16(14)26-18/h3-9H,10-12H2,1-2H3. The van der Waals surface area contributed by atoms with E-state index < -0.39 is 5.97 Å². The van der Waals surface area contributed by atoms with Crippen LogP contribution in [0.25, 0.3) is 11.0 Å². The molecule has 0 spiro atoms. The number of methoxy groups -OCH3 is 1. The van der Waals surface area contributed by atoms with E-state index in [1.54, 1.807) is 25.2 Å². The summed E-state index contributed by atoms with van der Waals surface area (Å²) in [4.78, 5) is 26.0. The third-order valence-electron chi connectivity index (χ3n) is 3.90. The molecule has 2 aromatic heterocycles. The largest absolute Gasteiger partial charge is 0.467 e. The van der Waals surface area contributed by atoms with Gasteiger partial charge in [-0.1, -0.05) is 18.2 Å². The van der Waals surface area contributed by atoms with Crippen LogP contribution in [0, 0.1) is 0 Å². The molecule has 26 heavy (non-hydrogen) atoms. The number of nitrogens with zero attached hydrogens (tertiary/aromatic N) is 1. The second-order valence-electron chi connectivity index (χ2n) is 5.74. The Morgan fingerprint density at radius 1 is 1.15 bits per heavy atom. The molecule has 0 saturated heterocycles. The van der Waals surface area contributed by atoms with Crippen LogP contribution in [0.15, 0.2) is 51.5 Å². The minimum atomic E-state index is -0.701. The van der Waals surface area contributed by atoms with Crippen LogP contribution >= 0.6 is 0 Å². The molecule has 0 fully saturated rings. The van der Waals surface area contributed by atoms with Crippen molar-refractivity contribution in [2.75, 3.05) is 20.8 Å². The van der Waals surface area contributed by atoms with Gasteiger partial charge in [0.1, 0.15) is 11.3 Å². The van der Waals surface area contributed by atoms with Crippen LogP contribution in [0.3, 0.4) is 0 Å². The van der Waals surface area contributed by atoms with Gasteiger partial charge in [-0.25, -0.2) is 4.79 Å². The number of hydrogen-bond donors (Lipinski definition) is 0. The van der Waals surface area contributed by atoms with Crippen molar-refractivity contribution in [1.82, 2.24) is 4.90 Å². The van der Waals surface area contributed by atoms with Gasteiger partial charge < -0.3 is 23.2 Å². The van der Waals surface area contributed by atoms with E-state index in [4.69, 9.17) is 18.3 Å². The third-order valence-corrected chi connectivity index (χ3v) is 3.90. The number of fused-ring (bicyclic) bond motifs is 1. The molecule has 136 valence electrons. The lowest BCUT2D eigenvalue weighted by atomic mass is 10.1. The fraction of sp³-hybridized carbons (Fsp3) is 0.263. The van der Waals surface area contributed by atoms with Crippen molar-refractivity contribution in [2.24, 2.45) is 0 Å². The van der Waals surface area contributed by atoms with Crippen LogP contribution < -0.4 is 0 Å². The van der Waals surface area contributed by atoms with Gasteiger partial charge in [-0.15, -0.1) is 0 Å². The van der Waals surface area contributed by atoms with E-state index in [0.717, 1.165) is 5.39 Å². The van der Waals surface area contributed by atoms with Crippen molar-refractivity contribution < 1.29 is 27.9 Å². The van der Waals surface area contributed by atoms with Gasteiger partial charge in [0, 0.05) is 25.1 Å². The second-order valence-corrected chi connectivity index (χ2v) is 5.74. The number of ether oxygens (including phenoxy) is 2. The molecule has 0 radical (unpaired) electrons. The van der Waals surface area contributed by atoms with Crippen LogP contribution in [-0.4, -0.2) is 37.5 Å². The lowest BCUT2D eigenvalue weighted by Gasteiger charge is -2.15. The van der Waals surface area contributed by atoms with Crippen LogP contribution in [0.5, 0.6) is 0 Å². The summed E-state index contributed by atoms with van der Waals surface area (Å²) in [6.45, 7) is 0.107. The van der Waals surface area contributed by atoms with Crippen molar-refractivity contribution in [1.29, 1.82) is 0 Å². The molecule has 0 atom stereocenters. The quantitative estimate of drug-likeness (QED) is 0.605. The Labute approximate surface area is 150 Å². The topological polar surface area (TPSA) is 82.1 Å². The summed E-state index contributed by atoms with van der Waals surface area (Å²) in [5, 5.41) is 0.780. The first kappa shape index (κ1) is 17.8. The highest BCUT2D eigenvalue weighted by molar-refractivity contribution is 5.96. The monoisotopic (exact) mass is 357 g/mol. The van der Waals surface area contributed by atoms with E-state index >= 15 is 0 Å². The molecule has 0 unspecified atom stereocenters. The average Bonchev–Trinajstić information content (AvgIpc) is 3.28. The van der Waals surface area contributed by atoms with E-state index in [9.17, 15) is 9.59 Å². The lowest BCUT2D eigenvalue weighted by Crippen LogP contribution is -2.30. The summed E-state index contributed by atoms with van der Waals surface area (Å²) < 4.78 is 21.1. The Morgan fingerprint density at radius 3 is 2.69 bits per heavy atom. The number of furan rings is 2. The average molecular weight is 357 g/mol. The number of carbonyl (C=O) groups excluding carboxylic acids is 2. The summed E-state index contributed by atoms with van der Waals surface area (Å²) in [6, 6.07) is 10.8. The molecule has 0 N–H and O–H groups in total. The van der Waals surface area contributed by atoms with E-state index in [-0.39, 0.29) is 24.9 Å². The fourth-order valence-corrected chi connectivity index (χ4v) is 2.58. The Hall–Kier alpha value is -3.06. The molecule has 1 amide bonds. The first-order valence-corrected chi connectivity index (χ1v) is 8.03. The molecule has 0 saturated carbocycles. The van der Waals surface area contributed by atoms with Gasteiger partial charge >= 0.3 is 5.97 Å². The summed E-state index contributed by atoms with van der Waals surface area (Å²) in [7, 11) is 3.14. The van der Waals surface area contributed by atoms with Gasteiger partial charge in [0.05, 0.1) is 19.4 Å². The highest BCUT2D eigenvalue weighted by atomic mass is 16.5.